The minimum absolute atomic E-state index is 0.0349. The van der Waals surface area contributed by atoms with Crippen molar-refractivity contribution in [2.24, 2.45) is 5.92 Å². The lowest BCUT2D eigenvalue weighted by Gasteiger charge is -2.28. The number of carboxylic acid groups (broad SMARTS) is 1. The number of alkyl halides is 3. The zero-order valence-electron chi connectivity index (χ0n) is 9.38. The van der Waals surface area contributed by atoms with Gasteiger partial charge in [0, 0.05) is 13.1 Å². The second-order valence-electron chi connectivity index (χ2n) is 4.44. The van der Waals surface area contributed by atoms with Crippen molar-refractivity contribution in [3.8, 4) is 0 Å². The van der Waals surface area contributed by atoms with Crippen molar-refractivity contribution in [2.45, 2.75) is 25.6 Å². The molecule has 0 rings (SSSR count). The van der Waals surface area contributed by atoms with E-state index >= 15 is 0 Å². The van der Waals surface area contributed by atoms with Crippen LogP contribution in [0.1, 0.15) is 13.8 Å². The molecular formula is C9H16F3NO3. The highest BCUT2D eigenvalue weighted by atomic mass is 19.4. The standard InChI is InChI=1S/C9H16F3NO3/c1-8(2,16)5-13(3)4-6(7(14)15)9(10,11)12/h6,16H,4-5H2,1-3H3,(H,14,15). The number of hydrogen-bond donors (Lipinski definition) is 2. The molecule has 0 aromatic heterocycles. The first kappa shape index (κ1) is 15.2. The Morgan fingerprint density at radius 2 is 1.81 bits per heavy atom. The summed E-state index contributed by atoms with van der Waals surface area (Å²) in [6.45, 7) is 2.16. The van der Waals surface area contributed by atoms with Gasteiger partial charge in [-0.1, -0.05) is 0 Å². The predicted molar refractivity (Wildman–Crippen MR) is 51.0 cm³/mol. The maximum atomic E-state index is 12.3. The molecule has 16 heavy (non-hydrogen) atoms. The van der Waals surface area contributed by atoms with Gasteiger partial charge < -0.3 is 15.1 Å². The van der Waals surface area contributed by atoms with Crippen LogP contribution in [0.25, 0.3) is 0 Å². The molecule has 0 fully saturated rings. The lowest BCUT2D eigenvalue weighted by molar-refractivity contribution is -0.196. The summed E-state index contributed by atoms with van der Waals surface area (Å²) in [5, 5.41) is 17.8. The molecule has 96 valence electrons. The van der Waals surface area contributed by atoms with Crippen LogP contribution in [-0.2, 0) is 4.79 Å². The monoisotopic (exact) mass is 243 g/mol. The molecule has 0 aromatic carbocycles. The molecule has 0 bridgehead atoms. The summed E-state index contributed by atoms with van der Waals surface area (Å²) in [5.74, 6) is -4.34. The second-order valence-corrected chi connectivity index (χ2v) is 4.44. The zero-order chi connectivity index (χ0) is 13.1. The fourth-order valence-corrected chi connectivity index (χ4v) is 1.36. The van der Waals surface area contributed by atoms with E-state index in [2.05, 4.69) is 0 Å². The van der Waals surface area contributed by atoms with Crippen LogP contribution in [0.5, 0.6) is 0 Å². The minimum Gasteiger partial charge on any atom is -0.481 e. The Morgan fingerprint density at radius 1 is 1.38 bits per heavy atom. The van der Waals surface area contributed by atoms with E-state index in [1.807, 2.05) is 0 Å². The van der Waals surface area contributed by atoms with Crippen LogP contribution in [0.2, 0.25) is 0 Å². The number of aliphatic carboxylic acids is 1. The van der Waals surface area contributed by atoms with E-state index in [-0.39, 0.29) is 6.54 Å². The molecule has 0 aromatic rings. The predicted octanol–water partition coefficient (Wildman–Crippen LogP) is 0.952. The molecule has 0 aliphatic carbocycles. The average molecular weight is 243 g/mol. The first-order valence-electron chi connectivity index (χ1n) is 4.64. The van der Waals surface area contributed by atoms with Gasteiger partial charge in [-0.05, 0) is 20.9 Å². The van der Waals surface area contributed by atoms with E-state index in [9.17, 15) is 23.1 Å². The van der Waals surface area contributed by atoms with Gasteiger partial charge in [0.15, 0.2) is 5.92 Å². The Bertz CT molecular complexity index is 247. The van der Waals surface area contributed by atoms with Crippen molar-refractivity contribution in [1.29, 1.82) is 0 Å². The fraction of sp³-hybridized carbons (Fsp3) is 0.889. The van der Waals surface area contributed by atoms with E-state index in [0.717, 1.165) is 4.90 Å². The number of aliphatic hydroxyl groups is 1. The SMILES string of the molecule is CN(CC(C(=O)O)C(F)(F)F)CC(C)(C)O. The smallest absolute Gasteiger partial charge is 0.403 e. The molecule has 0 saturated carbocycles. The summed E-state index contributed by atoms with van der Waals surface area (Å²) in [7, 11) is 1.33. The Hall–Kier alpha value is -0.820. The van der Waals surface area contributed by atoms with Gasteiger partial charge in [-0.3, -0.25) is 4.79 Å². The van der Waals surface area contributed by atoms with Gasteiger partial charge in [-0.25, -0.2) is 0 Å². The normalized spacial score (nSPS) is 15.2. The van der Waals surface area contributed by atoms with Gasteiger partial charge in [-0.2, -0.15) is 13.2 Å². The Morgan fingerprint density at radius 3 is 2.06 bits per heavy atom. The molecule has 0 aliphatic rings. The van der Waals surface area contributed by atoms with Crippen LogP contribution in [0.3, 0.4) is 0 Å². The first-order valence-corrected chi connectivity index (χ1v) is 4.64. The van der Waals surface area contributed by atoms with Crippen LogP contribution >= 0.6 is 0 Å². The molecule has 0 amide bonds. The van der Waals surface area contributed by atoms with Crippen LogP contribution in [0.15, 0.2) is 0 Å². The largest absolute Gasteiger partial charge is 0.481 e. The van der Waals surface area contributed by atoms with E-state index < -0.39 is 30.2 Å². The number of halogens is 3. The lowest BCUT2D eigenvalue weighted by Crippen LogP contribution is -2.44. The number of carboxylic acids is 1. The Kier molecular flexibility index (Phi) is 4.75. The third-order valence-corrected chi connectivity index (χ3v) is 1.84. The molecule has 2 N–H and O–H groups in total. The maximum Gasteiger partial charge on any atom is 0.403 e. The van der Waals surface area contributed by atoms with Crippen molar-refractivity contribution in [3.05, 3.63) is 0 Å². The topological polar surface area (TPSA) is 60.8 Å². The summed E-state index contributed by atoms with van der Waals surface area (Å²) in [6.07, 6.45) is -4.78. The van der Waals surface area contributed by atoms with Crippen LogP contribution in [0.4, 0.5) is 13.2 Å². The van der Waals surface area contributed by atoms with E-state index in [1.54, 1.807) is 0 Å². The van der Waals surface area contributed by atoms with E-state index in [0.29, 0.717) is 0 Å². The van der Waals surface area contributed by atoms with Crippen molar-refractivity contribution in [1.82, 2.24) is 4.90 Å². The van der Waals surface area contributed by atoms with Gasteiger partial charge in [0.05, 0.1) is 5.60 Å². The average Bonchev–Trinajstić information content (AvgIpc) is 1.93. The summed E-state index contributed by atoms with van der Waals surface area (Å²) < 4.78 is 36.9. The zero-order valence-corrected chi connectivity index (χ0v) is 9.38. The summed E-state index contributed by atoms with van der Waals surface area (Å²) in [5.41, 5.74) is -1.16. The highest BCUT2D eigenvalue weighted by Crippen LogP contribution is 2.27. The number of hydrogen-bond acceptors (Lipinski definition) is 3. The number of rotatable bonds is 5. The fourth-order valence-electron chi connectivity index (χ4n) is 1.36. The van der Waals surface area contributed by atoms with Gasteiger partial charge in [0.25, 0.3) is 0 Å². The molecule has 7 heteroatoms. The first-order chi connectivity index (χ1) is 6.93. The molecule has 1 unspecified atom stereocenters. The summed E-state index contributed by atoms with van der Waals surface area (Å²) in [6, 6.07) is 0. The third kappa shape index (κ3) is 5.92. The van der Waals surface area contributed by atoms with Crippen molar-refractivity contribution in [3.63, 3.8) is 0 Å². The lowest BCUT2D eigenvalue weighted by atomic mass is 10.1. The Balaban J connectivity index is 4.49. The van der Waals surface area contributed by atoms with Crippen LogP contribution in [-0.4, -0.2) is 53.0 Å². The quantitative estimate of drug-likeness (QED) is 0.754. The second kappa shape index (κ2) is 5.01. The van der Waals surface area contributed by atoms with Gasteiger partial charge >= 0.3 is 12.1 Å². The van der Waals surface area contributed by atoms with Crippen molar-refractivity contribution < 1.29 is 28.2 Å². The van der Waals surface area contributed by atoms with Crippen LogP contribution in [0, 0.1) is 5.92 Å². The highest BCUT2D eigenvalue weighted by Gasteiger charge is 2.45. The van der Waals surface area contributed by atoms with Crippen molar-refractivity contribution >= 4 is 5.97 Å². The van der Waals surface area contributed by atoms with Gasteiger partial charge in [0.2, 0.25) is 0 Å². The van der Waals surface area contributed by atoms with E-state index in [1.165, 1.54) is 20.9 Å². The minimum atomic E-state index is -4.78. The van der Waals surface area contributed by atoms with Crippen molar-refractivity contribution in [2.75, 3.05) is 20.1 Å². The molecule has 0 saturated heterocycles. The molecular weight excluding hydrogens is 227 g/mol. The molecule has 0 aliphatic heterocycles. The molecule has 0 heterocycles. The highest BCUT2D eigenvalue weighted by molar-refractivity contribution is 5.71. The van der Waals surface area contributed by atoms with Crippen LogP contribution < -0.4 is 0 Å². The summed E-state index contributed by atoms with van der Waals surface area (Å²) in [4.78, 5) is 11.6. The molecule has 4 nitrogen and oxygen atoms in total. The number of nitrogens with zero attached hydrogens (tertiary/aromatic N) is 1. The number of likely N-dealkylation sites (N-methyl/N-ethyl adjacent to an activating group) is 1. The molecule has 0 radical (unpaired) electrons. The Labute approximate surface area is 91.7 Å². The van der Waals surface area contributed by atoms with Gasteiger partial charge in [0.1, 0.15) is 0 Å². The molecule has 1 atom stereocenters. The third-order valence-electron chi connectivity index (χ3n) is 1.84. The van der Waals surface area contributed by atoms with Gasteiger partial charge in [-0.15, -0.1) is 0 Å². The molecule has 0 spiro atoms. The number of carbonyl (C=O) groups is 1. The summed E-state index contributed by atoms with van der Waals surface area (Å²) >= 11 is 0. The maximum absolute atomic E-state index is 12.3. The van der Waals surface area contributed by atoms with E-state index in [4.69, 9.17) is 5.11 Å².